The van der Waals surface area contributed by atoms with Crippen LogP contribution in [0, 0.1) is 5.92 Å². The Balaban J connectivity index is 2.94. The molecule has 62 valence electrons. The molecule has 2 heteroatoms. The van der Waals surface area contributed by atoms with Crippen LogP contribution in [0.25, 0.3) is 0 Å². The fourth-order valence-electron chi connectivity index (χ4n) is 1.13. The highest BCUT2D eigenvalue weighted by Gasteiger charge is 2.36. The maximum absolute atomic E-state index is 11.5. The molecule has 11 heavy (non-hydrogen) atoms. The molecule has 1 aliphatic rings. The minimum Gasteiger partial charge on any atom is -0.488 e. The summed E-state index contributed by atoms with van der Waals surface area (Å²) in [6.07, 6.45) is 1.69. The number of hydrogen-bond donors (Lipinski definition) is 0. The Hall–Kier alpha value is -0.790. The second kappa shape index (κ2) is 2.36. The van der Waals surface area contributed by atoms with Crippen molar-refractivity contribution in [3.63, 3.8) is 0 Å². The zero-order valence-corrected chi connectivity index (χ0v) is 7.47. The number of carbonyl (C=O) groups excluding carboxylic acids is 1. The summed E-state index contributed by atoms with van der Waals surface area (Å²) < 4.78 is 5.25. The van der Waals surface area contributed by atoms with E-state index in [9.17, 15) is 4.79 Å². The molecule has 0 saturated heterocycles. The number of hydrogen-bond acceptors (Lipinski definition) is 2. The van der Waals surface area contributed by atoms with Crippen molar-refractivity contribution in [2.24, 2.45) is 5.92 Å². The lowest BCUT2D eigenvalue weighted by molar-refractivity contribution is -0.139. The molecule has 1 rings (SSSR count). The van der Waals surface area contributed by atoms with Crippen molar-refractivity contribution in [1.29, 1.82) is 0 Å². The monoisotopic (exact) mass is 154 g/mol. The largest absolute Gasteiger partial charge is 0.488 e. The minimum absolute atomic E-state index is 0.0127. The van der Waals surface area contributed by atoms with Crippen LogP contribution in [0.2, 0.25) is 0 Å². The first-order valence-corrected chi connectivity index (χ1v) is 3.84. The molecule has 0 bridgehead atoms. The van der Waals surface area contributed by atoms with Gasteiger partial charge in [0, 0.05) is 5.92 Å². The fourth-order valence-corrected chi connectivity index (χ4v) is 1.13. The van der Waals surface area contributed by atoms with Crippen LogP contribution in [0.5, 0.6) is 0 Å². The predicted molar refractivity (Wildman–Crippen MR) is 43.1 cm³/mol. The molecule has 2 nitrogen and oxygen atoms in total. The van der Waals surface area contributed by atoms with Gasteiger partial charge in [0.15, 0.2) is 11.4 Å². The van der Waals surface area contributed by atoms with Gasteiger partial charge in [0.25, 0.3) is 0 Å². The highest BCUT2D eigenvalue weighted by Crippen LogP contribution is 2.27. The summed E-state index contributed by atoms with van der Waals surface area (Å²) in [6.45, 7) is 7.43. The van der Waals surface area contributed by atoms with Gasteiger partial charge in [0.2, 0.25) is 0 Å². The molecular weight excluding hydrogens is 140 g/mol. The smallest absolute Gasteiger partial charge is 0.182 e. The van der Waals surface area contributed by atoms with Crippen molar-refractivity contribution >= 4 is 5.78 Å². The first-order valence-electron chi connectivity index (χ1n) is 3.84. The van der Waals surface area contributed by atoms with E-state index in [0.29, 0.717) is 0 Å². The summed E-state index contributed by atoms with van der Waals surface area (Å²) in [5.74, 6) is 0.177. The molecule has 0 aromatic carbocycles. The first kappa shape index (κ1) is 8.31. The minimum atomic E-state index is -0.626. The van der Waals surface area contributed by atoms with E-state index in [4.69, 9.17) is 4.74 Å². The molecule has 0 fully saturated rings. The fraction of sp³-hybridized carbons (Fsp3) is 0.667. The Bertz CT molecular complexity index is 214. The third kappa shape index (κ3) is 1.30. The van der Waals surface area contributed by atoms with E-state index >= 15 is 0 Å². The van der Waals surface area contributed by atoms with Gasteiger partial charge in [-0.25, -0.2) is 0 Å². The van der Waals surface area contributed by atoms with Crippen LogP contribution < -0.4 is 0 Å². The summed E-state index contributed by atoms with van der Waals surface area (Å²) in [6, 6.07) is 0. The number of allylic oxidation sites excluding steroid dienone is 1. The Morgan fingerprint density at radius 3 is 2.55 bits per heavy atom. The first-order chi connectivity index (χ1) is 4.95. The van der Waals surface area contributed by atoms with Crippen molar-refractivity contribution < 1.29 is 9.53 Å². The molecule has 1 unspecified atom stereocenters. The molecule has 0 aliphatic carbocycles. The van der Waals surface area contributed by atoms with Crippen molar-refractivity contribution in [2.75, 3.05) is 0 Å². The molecule has 1 atom stereocenters. The number of ketones is 1. The van der Waals surface area contributed by atoms with E-state index in [1.807, 2.05) is 13.8 Å². The van der Waals surface area contributed by atoms with Crippen LogP contribution >= 0.6 is 0 Å². The van der Waals surface area contributed by atoms with Crippen LogP contribution in [0.1, 0.15) is 27.7 Å². The van der Waals surface area contributed by atoms with Gasteiger partial charge in [-0.05, 0) is 26.3 Å². The lowest BCUT2D eigenvalue weighted by Crippen LogP contribution is -2.40. The molecule has 1 heterocycles. The van der Waals surface area contributed by atoms with E-state index < -0.39 is 5.60 Å². The van der Waals surface area contributed by atoms with Gasteiger partial charge in [-0.15, -0.1) is 0 Å². The topological polar surface area (TPSA) is 26.3 Å². The Morgan fingerprint density at radius 2 is 2.09 bits per heavy atom. The van der Waals surface area contributed by atoms with Crippen LogP contribution in [-0.4, -0.2) is 11.4 Å². The van der Waals surface area contributed by atoms with Crippen LogP contribution in [0.4, 0.5) is 0 Å². The van der Waals surface area contributed by atoms with E-state index in [1.165, 1.54) is 0 Å². The Labute approximate surface area is 67.2 Å². The van der Waals surface area contributed by atoms with Crippen molar-refractivity contribution in [1.82, 2.24) is 0 Å². The summed E-state index contributed by atoms with van der Waals surface area (Å²) in [4.78, 5) is 11.5. The summed E-state index contributed by atoms with van der Waals surface area (Å²) in [7, 11) is 0. The van der Waals surface area contributed by atoms with Gasteiger partial charge in [-0.1, -0.05) is 6.92 Å². The summed E-state index contributed by atoms with van der Waals surface area (Å²) in [5, 5.41) is 0. The Morgan fingerprint density at radius 1 is 1.55 bits per heavy atom. The second-order valence-corrected chi connectivity index (χ2v) is 3.58. The highest BCUT2D eigenvalue weighted by atomic mass is 16.5. The van der Waals surface area contributed by atoms with Gasteiger partial charge < -0.3 is 4.74 Å². The van der Waals surface area contributed by atoms with Crippen LogP contribution in [0.3, 0.4) is 0 Å². The number of ether oxygens (including phenoxy) is 1. The zero-order chi connectivity index (χ0) is 8.65. The summed E-state index contributed by atoms with van der Waals surface area (Å²) >= 11 is 0. The molecule has 0 amide bonds. The zero-order valence-electron chi connectivity index (χ0n) is 7.47. The van der Waals surface area contributed by atoms with Gasteiger partial charge in [-0.3, -0.25) is 4.79 Å². The van der Waals surface area contributed by atoms with Crippen molar-refractivity contribution in [3.8, 4) is 0 Å². The average molecular weight is 154 g/mol. The third-order valence-corrected chi connectivity index (χ3v) is 2.21. The maximum Gasteiger partial charge on any atom is 0.182 e. The second-order valence-electron chi connectivity index (χ2n) is 3.58. The molecule has 1 aliphatic heterocycles. The number of rotatable bonds is 0. The third-order valence-electron chi connectivity index (χ3n) is 2.21. The standard InChI is InChI=1S/C9H14O2/c1-6-5-11-9(3,4)8(10)7(6)2/h5,7H,1-4H3. The van der Waals surface area contributed by atoms with E-state index in [2.05, 4.69) is 0 Å². The average Bonchev–Trinajstić information content (AvgIpc) is 1.95. The van der Waals surface area contributed by atoms with Crippen LogP contribution in [0.15, 0.2) is 11.8 Å². The predicted octanol–water partition coefficient (Wildman–Crippen LogP) is 1.90. The SMILES string of the molecule is CC1=COC(C)(C)C(=O)C1C. The number of Topliss-reactive ketones (excluding diaryl/α,β-unsaturated/α-hetero) is 1. The van der Waals surface area contributed by atoms with Crippen molar-refractivity contribution in [2.45, 2.75) is 33.3 Å². The normalized spacial score (nSPS) is 29.3. The van der Waals surface area contributed by atoms with E-state index in [-0.39, 0.29) is 11.7 Å². The molecule has 0 spiro atoms. The van der Waals surface area contributed by atoms with Gasteiger partial charge in [0.1, 0.15) is 0 Å². The number of carbonyl (C=O) groups is 1. The maximum atomic E-state index is 11.5. The van der Waals surface area contributed by atoms with Gasteiger partial charge in [0.05, 0.1) is 6.26 Å². The van der Waals surface area contributed by atoms with Crippen molar-refractivity contribution in [3.05, 3.63) is 11.8 Å². The molecular formula is C9H14O2. The lowest BCUT2D eigenvalue weighted by atomic mass is 9.87. The highest BCUT2D eigenvalue weighted by molar-refractivity contribution is 5.91. The van der Waals surface area contributed by atoms with E-state index in [0.717, 1.165) is 5.57 Å². The molecule has 0 aromatic rings. The van der Waals surface area contributed by atoms with E-state index in [1.54, 1.807) is 20.1 Å². The molecule has 0 saturated carbocycles. The lowest BCUT2D eigenvalue weighted by Gasteiger charge is -2.31. The summed E-state index contributed by atoms with van der Waals surface area (Å²) in [5.41, 5.74) is 0.383. The van der Waals surface area contributed by atoms with Crippen LogP contribution in [-0.2, 0) is 9.53 Å². The van der Waals surface area contributed by atoms with Gasteiger partial charge >= 0.3 is 0 Å². The quantitative estimate of drug-likeness (QED) is 0.532. The Kier molecular flexibility index (Phi) is 1.78. The van der Waals surface area contributed by atoms with Gasteiger partial charge in [-0.2, -0.15) is 0 Å². The molecule has 0 radical (unpaired) electrons. The molecule has 0 aromatic heterocycles. The molecule has 0 N–H and O–H groups in total.